The Labute approximate surface area is 246 Å². The van der Waals surface area contributed by atoms with Crippen molar-refractivity contribution in [2.45, 2.75) is 119 Å². The fourth-order valence-corrected chi connectivity index (χ4v) is 11.5. The Kier molecular flexibility index (Phi) is 6.26. The molecule has 224 valence electrons. The van der Waals surface area contributed by atoms with Gasteiger partial charge in [-0.25, -0.2) is 4.98 Å². The number of aromatic nitrogens is 2. The predicted octanol–water partition coefficient (Wildman–Crippen LogP) is 7.44. The van der Waals surface area contributed by atoms with Crippen molar-refractivity contribution in [2.75, 3.05) is 0 Å². The van der Waals surface area contributed by atoms with E-state index in [1.54, 1.807) is 23.3 Å². The van der Waals surface area contributed by atoms with Crippen LogP contribution in [0.4, 0.5) is 0 Å². The molecule has 4 fully saturated rings. The van der Waals surface area contributed by atoms with E-state index in [0.717, 1.165) is 57.8 Å². The quantitative estimate of drug-likeness (QED) is 0.350. The Morgan fingerprint density at radius 3 is 2.32 bits per heavy atom. The Morgan fingerprint density at radius 1 is 0.951 bits per heavy atom. The van der Waals surface area contributed by atoms with Gasteiger partial charge < -0.3 is 4.74 Å². The smallest absolute Gasteiger partial charge is 0.302 e. The van der Waals surface area contributed by atoms with E-state index in [-0.39, 0.29) is 62.7 Å². The largest absolute Gasteiger partial charge is 0.462 e. The fraction of sp³-hybridized carbons (Fsp3) is 0.771. The first-order chi connectivity index (χ1) is 19.0. The zero-order valence-corrected chi connectivity index (χ0v) is 26.5. The van der Waals surface area contributed by atoms with Gasteiger partial charge in [0.1, 0.15) is 12.4 Å². The van der Waals surface area contributed by atoms with Gasteiger partial charge >= 0.3 is 5.97 Å². The number of rotatable bonds is 2. The van der Waals surface area contributed by atoms with Crippen molar-refractivity contribution in [3.8, 4) is 0 Å². The van der Waals surface area contributed by atoms with E-state index in [1.165, 1.54) is 12.5 Å². The third-order valence-corrected chi connectivity index (χ3v) is 13.8. The molecule has 0 unspecified atom stereocenters. The van der Waals surface area contributed by atoms with Crippen LogP contribution in [0.25, 0.3) is 0 Å². The maximum absolute atomic E-state index is 14.6. The summed E-state index contributed by atoms with van der Waals surface area (Å²) in [5, 5.41) is 0. The molecule has 41 heavy (non-hydrogen) atoms. The van der Waals surface area contributed by atoms with Crippen molar-refractivity contribution in [1.82, 2.24) is 9.55 Å². The third-order valence-electron chi connectivity index (χ3n) is 13.8. The van der Waals surface area contributed by atoms with Gasteiger partial charge in [-0.3, -0.25) is 19.0 Å². The minimum absolute atomic E-state index is 0.0586. The number of fused-ring (bicyclic) bond motifs is 7. The molecule has 0 amide bonds. The van der Waals surface area contributed by atoms with E-state index >= 15 is 0 Å². The van der Waals surface area contributed by atoms with Crippen LogP contribution in [-0.2, 0) is 14.3 Å². The number of allylic oxidation sites excluding steroid dienone is 2. The number of esters is 1. The van der Waals surface area contributed by atoms with Gasteiger partial charge in [0.2, 0.25) is 5.91 Å². The number of imidazole rings is 1. The number of hydrogen-bond acceptors (Lipinski definition) is 5. The standard InChI is InChI=1S/C35H50N2O4/c1-22(38)41-27-10-11-32(6)26(31(27,4)5)9-12-34(8)28(32)25(39)19-23-24-20-30(2,3)13-15-35(24,16-14-33(23,34)7)29(40)37-18-17-36-21-37/h17-19,21,24,26-28H,9-16,20H2,1-8H3/t24-,26-,27-,28+,32-,33+,34+,35-/m0/s1. The zero-order chi connectivity index (χ0) is 29.8. The summed E-state index contributed by atoms with van der Waals surface area (Å²) >= 11 is 0. The Morgan fingerprint density at radius 2 is 1.66 bits per heavy atom. The zero-order valence-electron chi connectivity index (χ0n) is 26.5. The summed E-state index contributed by atoms with van der Waals surface area (Å²) in [5.74, 6) is 0.486. The van der Waals surface area contributed by atoms with Crippen LogP contribution in [0.2, 0.25) is 0 Å². The van der Waals surface area contributed by atoms with E-state index in [1.807, 2.05) is 6.08 Å². The first-order valence-electron chi connectivity index (χ1n) is 16.0. The molecule has 5 aliphatic rings. The second-order valence-corrected chi connectivity index (χ2v) is 16.6. The average Bonchev–Trinajstić information content (AvgIpc) is 3.41. The number of ketones is 1. The van der Waals surface area contributed by atoms with Crippen LogP contribution in [0, 0.1) is 50.2 Å². The van der Waals surface area contributed by atoms with E-state index in [2.05, 4.69) is 53.5 Å². The van der Waals surface area contributed by atoms with Crippen molar-refractivity contribution in [2.24, 2.45) is 50.2 Å². The summed E-state index contributed by atoms with van der Waals surface area (Å²) in [7, 11) is 0. The highest BCUT2D eigenvalue weighted by atomic mass is 16.5. The van der Waals surface area contributed by atoms with Crippen LogP contribution in [-0.4, -0.2) is 33.3 Å². The van der Waals surface area contributed by atoms with E-state index < -0.39 is 5.41 Å². The highest BCUT2D eigenvalue weighted by molar-refractivity contribution is 5.96. The van der Waals surface area contributed by atoms with E-state index in [9.17, 15) is 14.4 Å². The van der Waals surface area contributed by atoms with Gasteiger partial charge in [-0.05, 0) is 97.4 Å². The first-order valence-corrected chi connectivity index (χ1v) is 16.0. The highest BCUT2D eigenvalue weighted by Gasteiger charge is 2.71. The van der Waals surface area contributed by atoms with Gasteiger partial charge in [0, 0.05) is 30.7 Å². The van der Waals surface area contributed by atoms with Gasteiger partial charge in [0.15, 0.2) is 5.78 Å². The fourth-order valence-electron chi connectivity index (χ4n) is 11.5. The molecule has 0 bridgehead atoms. The molecule has 4 saturated carbocycles. The number of hydrogen-bond donors (Lipinski definition) is 0. The van der Waals surface area contributed by atoms with Crippen molar-refractivity contribution >= 4 is 17.7 Å². The summed E-state index contributed by atoms with van der Waals surface area (Å²) in [6.45, 7) is 17.9. The third kappa shape index (κ3) is 3.80. The second-order valence-electron chi connectivity index (χ2n) is 16.6. The lowest BCUT2D eigenvalue weighted by Crippen LogP contribution is -2.67. The molecule has 5 aliphatic carbocycles. The van der Waals surface area contributed by atoms with E-state index in [4.69, 9.17) is 4.74 Å². The maximum atomic E-state index is 14.6. The molecule has 0 spiro atoms. The monoisotopic (exact) mass is 562 g/mol. The van der Waals surface area contributed by atoms with E-state index in [0.29, 0.717) is 5.92 Å². The molecular weight excluding hydrogens is 512 g/mol. The second kappa shape index (κ2) is 8.89. The van der Waals surface area contributed by atoms with Crippen molar-refractivity contribution in [3.63, 3.8) is 0 Å². The molecule has 1 aromatic heterocycles. The summed E-state index contributed by atoms with van der Waals surface area (Å²) in [4.78, 5) is 45.0. The SMILES string of the molecule is CC(=O)O[C@H]1CC[C@]2(C)[C@H]3C(=O)C=C4[C@@H]5CC(C)(C)CC[C@]5(C(=O)n5ccnc5)CC[C@@]4(C)[C@]3(C)CC[C@H]2C1(C)C. The lowest BCUT2D eigenvalue weighted by atomic mass is 9.33. The van der Waals surface area contributed by atoms with Crippen molar-refractivity contribution in [1.29, 1.82) is 0 Å². The lowest BCUT2D eigenvalue weighted by Gasteiger charge is -2.70. The number of carbonyl (C=O) groups is 3. The average molecular weight is 563 g/mol. The Bertz CT molecular complexity index is 1310. The molecule has 8 atom stereocenters. The molecule has 0 aromatic carbocycles. The van der Waals surface area contributed by atoms with Crippen LogP contribution >= 0.6 is 0 Å². The molecule has 1 aromatic rings. The normalized spacial score (nSPS) is 44.4. The van der Waals surface area contributed by atoms with Crippen LogP contribution < -0.4 is 0 Å². The number of ether oxygens (including phenoxy) is 1. The number of carbonyl (C=O) groups excluding carboxylic acids is 3. The highest BCUT2D eigenvalue weighted by Crippen LogP contribution is 2.75. The summed E-state index contributed by atoms with van der Waals surface area (Å²) in [5.41, 5.74) is 0.189. The molecule has 0 aliphatic heterocycles. The lowest BCUT2D eigenvalue weighted by molar-refractivity contribution is -0.209. The summed E-state index contributed by atoms with van der Waals surface area (Å²) in [6, 6.07) is 0. The molecule has 1 heterocycles. The van der Waals surface area contributed by atoms with Gasteiger partial charge in [-0.15, -0.1) is 0 Å². The molecule has 6 nitrogen and oxygen atoms in total. The Balaban J connectivity index is 1.45. The topological polar surface area (TPSA) is 78.3 Å². The molecule has 6 heteroatoms. The minimum Gasteiger partial charge on any atom is -0.462 e. The van der Waals surface area contributed by atoms with Gasteiger partial charge in [0.05, 0.1) is 5.41 Å². The predicted molar refractivity (Wildman–Crippen MR) is 158 cm³/mol. The maximum Gasteiger partial charge on any atom is 0.302 e. The molecule has 0 saturated heterocycles. The van der Waals surface area contributed by atoms with Crippen LogP contribution in [0.1, 0.15) is 118 Å². The van der Waals surface area contributed by atoms with Crippen LogP contribution in [0.3, 0.4) is 0 Å². The summed E-state index contributed by atoms with van der Waals surface area (Å²) < 4.78 is 7.56. The van der Waals surface area contributed by atoms with Crippen LogP contribution in [0.15, 0.2) is 30.4 Å². The van der Waals surface area contributed by atoms with Crippen molar-refractivity contribution in [3.05, 3.63) is 30.4 Å². The van der Waals surface area contributed by atoms with Gasteiger partial charge in [-0.1, -0.05) is 54.0 Å². The minimum atomic E-state index is -0.490. The van der Waals surface area contributed by atoms with Crippen molar-refractivity contribution < 1.29 is 19.1 Å². The molecule has 6 rings (SSSR count). The molecular formula is C35H50N2O4. The number of nitrogens with zero attached hydrogens (tertiary/aromatic N) is 2. The van der Waals surface area contributed by atoms with Crippen LogP contribution in [0.5, 0.6) is 0 Å². The first kappa shape index (κ1) is 28.9. The Hall–Kier alpha value is -2.24. The van der Waals surface area contributed by atoms with Gasteiger partial charge in [0.25, 0.3) is 0 Å². The molecule has 0 radical (unpaired) electrons. The molecule has 0 N–H and O–H groups in total. The van der Waals surface area contributed by atoms with Gasteiger partial charge in [-0.2, -0.15) is 0 Å². The summed E-state index contributed by atoms with van der Waals surface area (Å²) in [6.07, 6.45) is 15.3.